The van der Waals surface area contributed by atoms with Gasteiger partial charge in [-0.2, -0.15) is 5.26 Å². The number of hydrogen-bond donors (Lipinski definition) is 1. The maximum Gasteiger partial charge on any atom is 0.266 e. The van der Waals surface area contributed by atoms with Gasteiger partial charge in [-0.1, -0.05) is 48.5 Å². The molecule has 0 aliphatic carbocycles. The van der Waals surface area contributed by atoms with Crippen LogP contribution in [0, 0.1) is 25.2 Å². The van der Waals surface area contributed by atoms with Gasteiger partial charge in [0.25, 0.3) is 5.91 Å². The van der Waals surface area contributed by atoms with Crippen LogP contribution in [0.25, 0.3) is 6.08 Å². The molecule has 0 aromatic heterocycles. The molecule has 0 unspecified atom stereocenters. The number of nitrogens with zero attached hydrogens (tertiary/aromatic N) is 1. The third-order valence-corrected chi connectivity index (χ3v) is 3.78. The van der Waals surface area contributed by atoms with Crippen LogP contribution < -0.4 is 5.32 Å². The van der Waals surface area contributed by atoms with Gasteiger partial charge in [-0.05, 0) is 55.2 Å². The maximum absolute atomic E-state index is 12.4. The molecule has 0 bridgehead atoms. The zero-order valence-electron chi connectivity index (χ0n) is 14.1. The van der Waals surface area contributed by atoms with E-state index in [0.29, 0.717) is 0 Å². The van der Waals surface area contributed by atoms with Crippen molar-refractivity contribution in [2.75, 3.05) is 5.32 Å². The van der Waals surface area contributed by atoms with E-state index in [1.54, 1.807) is 6.08 Å². The van der Waals surface area contributed by atoms with Crippen molar-refractivity contribution in [2.45, 2.75) is 20.8 Å². The fourth-order valence-corrected chi connectivity index (χ4v) is 2.31. The third kappa shape index (κ3) is 4.44. The Labute approximate surface area is 142 Å². The third-order valence-electron chi connectivity index (χ3n) is 3.78. The van der Waals surface area contributed by atoms with Crippen molar-refractivity contribution in [2.24, 2.45) is 0 Å². The number of allylic oxidation sites excluding steroid dienone is 2. The number of hydrogen-bond acceptors (Lipinski definition) is 2. The van der Waals surface area contributed by atoms with Crippen molar-refractivity contribution in [1.29, 1.82) is 5.26 Å². The lowest BCUT2D eigenvalue weighted by molar-refractivity contribution is -0.112. The first-order chi connectivity index (χ1) is 11.5. The van der Waals surface area contributed by atoms with E-state index in [0.717, 1.165) is 28.0 Å². The summed E-state index contributed by atoms with van der Waals surface area (Å²) in [4.78, 5) is 12.4. The van der Waals surface area contributed by atoms with E-state index in [-0.39, 0.29) is 5.57 Å². The minimum absolute atomic E-state index is 0.0839. The number of nitrogens with one attached hydrogen (secondary N) is 1. The zero-order chi connectivity index (χ0) is 17.5. The summed E-state index contributed by atoms with van der Waals surface area (Å²) in [6, 6.07) is 17.5. The molecule has 0 radical (unpaired) electrons. The zero-order valence-corrected chi connectivity index (χ0v) is 14.1. The number of amides is 1. The Morgan fingerprint density at radius 3 is 2.46 bits per heavy atom. The molecule has 0 aliphatic rings. The quantitative estimate of drug-likeness (QED) is 0.500. The summed E-state index contributed by atoms with van der Waals surface area (Å²) < 4.78 is 0. The van der Waals surface area contributed by atoms with Crippen LogP contribution in [0.5, 0.6) is 0 Å². The molecule has 0 aliphatic heterocycles. The molecule has 1 amide bonds. The molecular formula is C21H20N2O. The highest BCUT2D eigenvalue weighted by atomic mass is 16.1. The topological polar surface area (TPSA) is 52.9 Å². The number of anilines is 1. The van der Waals surface area contributed by atoms with Gasteiger partial charge < -0.3 is 5.32 Å². The highest BCUT2D eigenvalue weighted by Crippen LogP contribution is 2.19. The van der Waals surface area contributed by atoms with E-state index < -0.39 is 5.91 Å². The van der Waals surface area contributed by atoms with E-state index in [1.807, 2.05) is 81.4 Å². The average molecular weight is 316 g/mol. The first-order valence-corrected chi connectivity index (χ1v) is 7.74. The van der Waals surface area contributed by atoms with Crippen molar-refractivity contribution < 1.29 is 4.79 Å². The molecule has 0 saturated carbocycles. The van der Waals surface area contributed by atoms with Crippen LogP contribution in [0.15, 0.2) is 65.8 Å². The molecule has 2 aromatic rings. The van der Waals surface area contributed by atoms with Crippen molar-refractivity contribution in [3.05, 3.63) is 82.4 Å². The molecule has 3 nitrogen and oxygen atoms in total. The van der Waals surface area contributed by atoms with Gasteiger partial charge >= 0.3 is 0 Å². The van der Waals surface area contributed by atoms with Crippen LogP contribution in [-0.2, 0) is 4.79 Å². The van der Waals surface area contributed by atoms with Crippen LogP contribution in [-0.4, -0.2) is 5.91 Å². The Morgan fingerprint density at radius 1 is 1.08 bits per heavy atom. The molecule has 0 saturated heterocycles. The molecule has 0 atom stereocenters. The molecule has 120 valence electrons. The largest absolute Gasteiger partial charge is 0.321 e. The highest BCUT2D eigenvalue weighted by Gasteiger charge is 2.11. The van der Waals surface area contributed by atoms with Gasteiger partial charge in [-0.15, -0.1) is 0 Å². The van der Waals surface area contributed by atoms with Crippen LogP contribution in [0.1, 0.15) is 23.6 Å². The first-order valence-electron chi connectivity index (χ1n) is 7.74. The van der Waals surface area contributed by atoms with Gasteiger partial charge in [0.2, 0.25) is 0 Å². The molecule has 0 fully saturated rings. The summed E-state index contributed by atoms with van der Waals surface area (Å²) in [7, 11) is 0. The molecule has 2 aromatic carbocycles. The van der Waals surface area contributed by atoms with Crippen molar-refractivity contribution >= 4 is 17.7 Å². The smallest absolute Gasteiger partial charge is 0.266 e. The van der Waals surface area contributed by atoms with Gasteiger partial charge in [0.1, 0.15) is 11.6 Å². The van der Waals surface area contributed by atoms with Gasteiger partial charge in [0.05, 0.1) is 0 Å². The lowest BCUT2D eigenvalue weighted by atomic mass is 10.1. The molecular weight excluding hydrogens is 296 g/mol. The van der Waals surface area contributed by atoms with Gasteiger partial charge in [-0.3, -0.25) is 4.79 Å². The second-order valence-electron chi connectivity index (χ2n) is 5.67. The van der Waals surface area contributed by atoms with Gasteiger partial charge in [0.15, 0.2) is 0 Å². The van der Waals surface area contributed by atoms with E-state index in [1.165, 1.54) is 0 Å². The number of benzene rings is 2. The Balaban J connectivity index is 2.21. The summed E-state index contributed by atoms with van der Waals surface area (Å²) in [6.07, 6.45) is 3.54. The SMILES string of the molecule is CC(=C\c1ccccc1)/C=C(\C#N)C(=O)Nc1cccc(C)c1C. The average Bonchev–Trinajstić information content (AvgIpc) is 2.57. The van der Waals surface area contributed by atoms with Crippen molar-refractivity contribution in [3.63, 3.8) is 0 Å². The molecule has 2 rings (SSSR count). The molecule has 0 heterocycles. The van der Waals surface area contributed by atoms with Gasteiger partial charge in [0, 0.05) is 5.69 Å². The molecule has 1 N–H and O–H groups in total. The highest BCUT2D eigenvalue weighted by molar-refractivity contribution is 6.07. The lowest BCUT2D eigenvalue weighted by Crippen LogP contribution is -2.14. The van der Waals surface area contributed by atoms with Crippen LogP contribution >= 0.6 is 0 Å². The Kier molecular flexibility index (Phi) is 5.70. The normalized spacial score (nSPS) is 11.8. The van der Waals surface area contributed by atoms with Crippen LogP contribution in [0.3, 0.4) is 0 Å². The number of rotatable bonds is 4. The maximum atomic E-state index is 12.4. The summed E-state index contributed by atoms with van der Waals surface area (Å²) in [5.74, 6) is -0.396. The van der Waals surface area contributed by atoms with Crippen molar-refractivity contribution in [1.82, 2.24) is 0 Å². The number of carbonyl (C=O) groups is 1. The Morgan fingerprint density at radius 2 is 1.79 bits per heavy atom. The van der Waals surface area contributed by atoms with E-state index >= 15 is 0 Å². The van der Waals surface area contributed by atoms with Crippen LogP contribution in [0.4, 0.5) is 5.69 Å². The number of carbonyl (C=O) groups excluding carboxylic acids is 1. The summed E-state index contributed by atoms with van der Waals surface area (Å²) in [5, 5.41) is 12.1. The van der Waals surface area contributed by atoms with Crippen LogP contribution in [0.2, 0.25) is 0 Å². The lowest BCUT2D eigenvalue weighted by Gasteiger charge is -2.09. The second-order valence-corrected chi connectivity index (χ2v) is 5.67. The van der Waals surface area contributed by atoms with E-state index in [9.17, 15) is 10.1 Å². The van der Waals surface area contributed by atoms with Crippen molar-refractivity contribution in [3.8, 4) is 6.07 Å². The fraction of sp³-hybridized carbons (Fsp3) is 0.143. The van der Waals surface area contributed by atoms with Gasteiger partial charge in [-0.25, -0.2) is 0 Å². The Bertz CT molecular complexity index is 840. The predicted octanol–water partition coefficient (Wildman–Crippen LogP) is 4.80. The minimum Gasteiger partial charge on any atom is -0.321 e. The second kappa shape index (κ2) is 7.94. The Hall–Kier alpha value is -3.12. The minimum atomic E-state index is -0.396. The van der Waals surface area contributed by atoms with E-state index in [4.69, 9.17) is 0 Å². The molecule has 0 spiro atoms. The monoisotopic (exact) mass is 316 g/mol. The predicted molar refractivity (Wildman–Crippen MR) is 98.3 cm³/mol. The molecule has 24 heavy (non-hydrogen) atoms. The summed E-state index contributed by atoms with van der Waals surface area (Å²) >= 11 is 0. The molecule has 3 heteroatoms. The number of aryl methyl sites for hydroxylation is 1. The number of nitriles is 1. The standard InChI is InChI=1S/C21H20N2O/c1-15(12-18-9-5-4-6-10-18)13-19(14-22)21(24)23-20-11-7-8-16(2)17(20)3/h4-13H,1-3H3,(H,23,24)/b15-12+,19-13+. The summed E-state index contributed by atoms with van der Waals surface area (Å²) in [5.41, 5.74) is 4.77. The summed E-state index contributed by atoms with van der Waals surface area (Å²) in [6.45, 7) is 5.80. The first kappa shape index (κ1) is 17.2. The van der Waals surface area contributed by atoms with E-state index in [2.05, 4.69) is 5.32 Å². The fourth-order valence-electron chi connectivity index (χ4n) is 2.31.